The minimum absolute atomic E-state index is 0.864. The van der Waals surface area contributed by atoms with Crippen LogP contribution in [-0.2, 0) is 52.4 Å². The van der Waals surface area contributed by atoms with Crippen molar-refractivity contribution in [2.75, 3.05) is 330 Å². The number of benzene rings is 10. The number of hydrogen-bond donors (Lipinski definition) is 0. The minimum Gasteiger partial charge on any atom is -0.297 e. The number of fused-ring (bicyclic) bond motifs is 4. The maximum absolute atomic E-state index is 2.58. The van der Waals surface area contributed by atoms with Crippen molar-refractivity contribution in [3.8, 4) is 0 Å². The lowest BCUT2D eigenvalue weighted by Crippen LogP contribution is -2.40. The molecule has 0 radical (unpaired) electrons. The molecule has 0 N–H and O–H groups in total. The molecule has 0 spiro atoms. The summed E-state index contributed by atoms with van der Waals surface area (Å²) in [6.07, 6.45) is 0. The number of rotatable bonds is 52. The fourth-order valence-corrected chi connectivity index (χ4v) is 18.8. The van der Waals surface area contributed by atoms with Gasteiger partial charge in [-0.25, -0.2) is 0 Å². The van der Waals surface area contributed by atoms with Crippen LogP contribution in [0.15, 0.2) is 97.1 Å². The van der Waals surface area contributed by atoms with Crippen molar-refractivity contribution in [1.82, 2.24) is 118 Å². The van der Waals surface area contributed by atoms with Gasteiger partial charge >= 0.3 is 0 Å². The fraction of sp³-hybridized carbons (Fsp3) is 0.600. The summed E-state index contributed by atoms with van der Waals surface area (Å²) in [7, 11) is 61.2. The molecule has 0 fully saturated rings. The normalized spacial score (nSPS) is 13.2. The molecular formula is C100H168N24. The molecule has 10 rings (SSSR count). The Bertz CT molecular complexity index is 4710. The van der Waals surface area contributed by atoms with E-state index in [0.717, 1.165) is 185 Å². The maximum atomic E-state index is 2.58. The summed E-state index contributed by atoms with van der Waals surface area (Å²) < 4.78 is 0. The first-order valence-corrected chi connectivity index (χ1v) is 45.4. The highest BCUT2D eigenvalue weighted by molar-refractivity contribution is 6.35. The predicted octanol–water partition coefficient (Wildman–Crippen LogP) is 11.8. The molecule has 0 saturated carbocycles. The van der Waals surface area contributed by atoms with Crippen LogP contribution in [-0.4, -0.2) is 448 Å². The lowest BCUT2D eigenvalue weighted by molar-refractivity contribution is 0.101. The van der Waals surface area contributed by atoms with Crippen LogP contribution >= 0.6 is 0 Å². The molecule has 124 heavy (non-hydrogen) atoms. The van der Waals surface area contributed by atoms with E-state index in [1.54, 1.807) is 0 Å². The van der Waals surface area contributed by atoms with Crippen LogP contribution in [0.5, 0.6) is 0 Å². The molecular weight excluding hydrogens is 1540 g/mol. The van der Waals surface area contributed by atoms with Gasteiger partial charge in [-0.05, 0) is 403 Å². The van der Waals surface area contributed by atoms with Gasteiger partial charge in [-0.1, -0.05) is 76.2 Å². The van der Waals surface area contributed by atoms with Crippen LogP contribution in [0.2, 0.25) is 0 Å². The Hall–Kier alpha value is -6.16. The van der Waals surface area contributed by atoms with Gasteiger partial charge in [0.15, 0.2) is 0 Å². The Morgan fingerprint density at radius 2 is 0.290 bits per heavy atom. The molecule has 0 bridgehead atoms. The number of nitrogens with zero attached hydrogens (tertiary/aromatic N) is 24. The smallest absolute Gasteiger partial charge is 0.0518 e. The zero-order valence-corrected chi connectivity index (χ0v) is 83.8. The van der Waals surface area contributed by atoms with E-state index in [-0.39, 0.29) is 0 Å². The van der Waals surface area contributed by atoms with Crippen molar-refractivity contribution in [2.24, 2.45) is 0 Å². The summed E-state index contributed by atoms with van der Waals surface area (Å²) in [6.45, 7) is 34.3. The second kappa shape index (κ2) is 47.4. The van der Waals surface area contributed by atoms with E-state index in [2.05, 4.69) is 440 Å². The van der Waals surface area contributed by atoms with Crippen LogP contribution in [0.4, 0.5) is 0 Å². The monoisotopic (exact) mass is 1710 g/mol. The van der Waals surface area contributed by atoms with Gasteiger partial charge in [0.1, 0.15) is 0 Å². The molecule has 24 nitrogen and oxygen atoms in total. The quantitative estimate of drug-likeness (QED) is 0.0206. The Morgan fingerprint density at radius 1 is 0.153 bits per heavy atom. The lowest BCUT2D eigenvalue weighted by Gasteiger charge is -2.31. The molecule has 10 aromatic rings. The van der Waals surface area contributed by atoms with E-state index in [0.29, 0.717) is 0 Å². The summed E-state index contributed by atoms with van der Waals surface area (Å²) >= 11 is 0. The predicted molar refractivity (Wildman–Crippen MR) is 535 cm³/mol. The van der Waals surface area contributed by atoms with Gasteiger partial charge < -0.3 is 0 Å². The molecule has 0 unspecified atom stereocenters. The van der Waals surface area contributed by atoms with Gasteiger partial charge in [0.05, 0.1) is 107 Å². The summed E-state index contributed by atoms with van der Waals surface area (Å²) in [5.74, 6) is 0. The van der Waals surface area contributed by atoms with E-state index in [1.807, 2.05) is 0 Å². The van der Waals surface area contributed by atoms with Crippen molar-refractivity contribution < 1.29 is 0 Å². The van der Waals surface area contributed by atoms with Crippen molar-refractivity contribution in [1.29, 1.82) is 0 Å². The maximum Gasteiger partial charge on any atom is 0.0518 e. The van der Waals surface area contributed by atoms with E-state index >= 15 is 0 Å². The van der Waals surface area contributed by atoms with Crippen LogP contribution in [0.3, 0.4) is 0 Å². The van der Waals surface area contributed by atoms with Gasteiger partial charge in [-0.2, -0.15) is 0 Å². The Balaban J connectivity index is 0.000000281. The van der Waals surface area contributed by atoms with Crippen LogP contribution in [0.25, 0.3) is 86.2 Å². The molecule has 0 aliphatic heterocycles. The number of hydrogen-bond acceptors (Lipinski definition) is 24. The Morgan fingerprint density at radius 3 is 0.444 bits per heavy atom. The summed E-state index contributed by atoms with van der Waals surface area (Å²) in [5.41, 5.74) is 11.0. The van der Waals surface area contributed by atoms with E-state index in [1.165, 1.54) is 131 Å². The average Bonchev–Trinajstić information content (AvgIpc) is 0.712. The average molecular weight is 1710 g/mol. The molecule has 24 heteroatoms. The molecule has 10 aromatic carbocycles. The van der Waals surface area contributed by atoms with Gasteiger partial charge in [0.2, 0.25) is 0 Å². The van der Waals surface area contributed by atoms with E-state index in [4.69, 9.17) is 0 Å². The molecule has 0 atom stereocenters. The zero-order chi connectivity index (χ0) is 90.8. The highest BCUT2D eigenvalue weighted by atomic mass is 15.4. The van der Waals surface area contributed by atoms with Crippen LogP contribution < -0.4 is 0 Å². The zero-order valence-electron chi connectivity index (χ0n) is 83.8. The summed E-state index contributed by atoms with van der Waals surface area (Å²) in [5, 5.41) is 21.9. The van der Waals surface area contributed by atoms with Gasteiger partial charge in [0, 0.05) is 52.4 Å². The fourth-order valence-electron chi connectivity index (χ4n) is 18.8. The standard InChI is InChI=1S/2C50H84N12/c1-17-57(15)37-60(33-53(7)8)28-40-24-45-41(29-61(34-54(9)10)35-55(11)12)19-21-43-44-22-20-42(30-62(36-56(13)14)38-58(16)18-2)46-23-39(27-59(31-51(3)4)32-52(5)6)25-47(50(44)46)48(26-40)49(43)45;1-17-57(15)37-61(35-55(11)12)29-41-19-21-43-44-22-20-42(30-62(36-56(13)14)38-58(16)18-2)46-24-40(28-60(33-53(7)8)34-54(9)10)26-48(50(44)46)47-25-39(23-45(41)49(43)47)27-59(31-51(3)4)32-52(5)6/h2*19-26H,17-18,27-38H2,1-16H3. The van der Waals surface area contributed by atoms with Crippen molar-refractivity contribution >= 4 is 86.2 Å². The molecule has 0 aromatic heterocycles. The topological polar surface area (TPSA) is 77.8 Å². The first-order chi connectivity index (χ1) is 58.7. The first-order valence-electron chi connectivity index (χ1n) is 45.4. The van der Waals surface area contributed by atoms with Gasteiger partial charge in [0.25, 0.3) is 0 Å². The molecule has 0 heterocycles. The second-order valence-electron chi connectivity index (χ2n) is 39.9. The van der Waals surface area contributed by atoms with E-state index < -0.39 is 0 Å². The molecule has 0 aliphatic carbocycles. The third kappa shape index (κ3) is 28.9. The summed E-state index contributed by atoms with van der Waals surface area (Å²) in [4.78, 5) is 57.7. The molecule has 0 amide bonds. The summed E-state index contributed by atoms with van der Waals surface area (Å²) in [6, 6.07) is 39.9. The second-order valence-corrected chi connectivity index (χ2v) is 39.9. The first kappa shape index (κ1) is 102. The van der Waals surface area contributed by atoms with Crippen molar-refractivity contribution in [3.63, 3.8) is 0 Å². The van der Waals surface area contributed by atoms with E-state index in [9.17, 15) is 0 Å². The third-order valence-electron chi connectivity index (χ3n) is 23.1. The molecule has 0 saturated heterocycles. The lowest BCUT2D eigenvalue weighted by atomic mass is 9.85. The largest absolute Gasteiger partial charge is 0.297 e. The third-order valence-corrected chi connectivity index (χ3v) is 23.1. The van der Waals surface area contributed by atoms with Crippen molar-refractivity contribution in [3.05, 3.63) is 142 Å². The molecule has 688 valence electrons. The highest BCUT2D eigenvalue weighted by Crippen LogP contribution is 2.47. The van der Waals surface area contributed by atoms with Gasteiger partial charge in [-0.3, -0.25) is 118 Å². The Labute approximate surface area is 751 Å². The SMILES string of the molecule is CCN(C)CN(Cc1cc2c(CN(CN(C)C)CN(C)C)ccc3c4ccc(CN(CN(C)C)CN(C)CC)c5cc(CN(CN(C)C)CN(C)C)cc(c(c1)c23)c54)CN(C)C.CCN(C)CN(Cc1ccc2c3ccc(CN(CN(C)C)CN(C)CC)c4cc(CN(CN(C)C)CN(C)C)cc(c5cc(CN(CN(C)C)CN(C)C)cc1c25)c43)CN(C)C. The van der Waals surface area contributed by atoms with Crippen LogP contribution in [0.1, 0.15) is 72.2 Å². The Kier molecular flexibility index (Phi) is 38.8. The minimum atomic E-state index is 0.864. The highest BCUT2D eigenvalue weighted by Gasteiger charge is 2.27. The molecule has 0 aliphatic rings. The van der Waals surface area contributed by atoms with Crippen molar-refractivity contribution in [2.45, 2.75) is 80.1 Å². The van der Waals surface area contributed by atoms with Gasteiger partial charge in [-0.15, -0.1) is 0 Å². The van der Waals surface area contributed by atoms with Crippen LogP contribution in [0, 0.1) is 0 Å².